The molecule has 3 heterocycles. The van der Waals surface area contributed by atoms with Gasteiger partial charge in [0.15, 0.2) is 0 Å². The number of pyridine rings is 1. The number of aromatic nitrogens is 1. The maximum Gasteiger partial charge on any atom is 0.253 e. The summed E-state index contributed by atoms with van der Waals surface area (Å²) in [6.07, 6.45) is 0.977. The van der Waals surface area contributed by atoms with Crippen molar-refractivity contribution in [2.24, 2.45) is 0 Å². The van der Waals surface area contributed by atoms with Crippen LogP contribution in [0, 0.1) is 6.92 Å². The molecule has 2 N–H and O–H groups in total. The molecule has 3 rings (SSSR count). The number of aryl methyl sites for hydroxylation is 1. The molecule has 1 aliphatic rings. The lowest BCUT2D eigenvalue weighted by molar-refractivity contribution is 0.0950. The van der Waals surface area contributed by atoms with Crippen molar-refractivity contribution >= 4 is 42.1 Å². The molecule has 0 aromatic carbocycles. The predicted molar refractivity (Wildman–Crippen MR) is 113 cm³/mol. The Labute approximate surface area is 171 Å². The van der Waals surface area contributed by atoms with Crippen LogP contribution in [0.3, 0.4) is 0 Å². The zero-order valence-electron chi connectivity index (χ0n) is 14.9. The van der Waals surface area contributed by atoms with Gasteiger partial charge in [0.05, 0.1) is 17.0 Å². The molecule has 26 heavy (non-hydrogen) atoms. The first-order chi connectivity index (χ1) is 11.7. The summed E-state index contributed by atoms with van der Waals surface area (Å²) in [6, 6.07) is 5.84. The first-order valence-corrected chi connectivity index (χ1v) is 9.40. The van der Waals surface area contributed by atoms with Gasteiger partial charge in [0.2, 0.25) is 0 Å². The number of thiophene rings is 1. The highest BCUT2D eigenvalue weighted by molar-refractivity contribution is 7.08. The third-order valence-corrected chi connectivity index (χ3v) is 4.98. The lowest BCUT2D eigenvalue weighted by Gasteiger charge is -2.27. The molecule has 0 unspecified atom stereocenters. The van der Waals surface area contributed by atoms with Crippen molar-refractivity contribution in [3.8, 4) is 11.3 Å². The van der Waals surface area contributed by atoms with Crippen LogP contribution in [0.25, 0.3) is 11.3 Å². The smallest absolute Gasteiger partial charge is 0.253 e. The van der Waals surface area contributed by atoms with Crippen molar-refractivity contribution < 1.29 is 4.79 Å². The summed E-state index contributed by atoms with van der Waals surface area (Å²) in [4.78, 5) is 19.3. The molecule has 0 atom stereocenters. The van der Waals surface area contributed by atoms with Gasteiger partial charge in [0.1, 0.15) is 0 Å². The van der Waals surface area contributed by atoms with E-state index in [9.17, 15) is 4.79 Å². The molecule has 1 amide bonds. The van der Waals surface area contributed by atoms with Gasteiger partial charge in [-0.15, -0.1) is 24.8 Å². The van der Waals surface area contributed by atoms with Gasteiger partial charge in [-0.05, 0) is 43.5 Å². The highest BCUT2D eigenvalue weighted by Gasteiger charge is 2.12. The van der Waals surface area contributed by atoms with Crippen molar-refractivity contribution in [1.29, 1.82) is 0 Å². The van der Waals surface area contributed by atoms with Crippen molar-refractivity contribution in [2.45, 2.75) is 13.3 Å². The maximum absolute atomic E-state index is 12.3. The molecule has 0 spiro atoms. The van der Waals surface area contributed by atoms with Crippen LogP contribution in [0.4, 0.5) is 0 Å². The van der Waals surface area contributed by atoms with E-state index in [1.165, 1.54) is 0 Å². The van der Waals surface area contributed by atoms with E-state index in [1.54, 1.807) is 11.3 Å². The van der Waals surface area contributed by atoms with E-state index in [2.05, 4.69) is 25.9 Å². The molecule has 144 valence electrons. The van der Waals surface area contributed by atoms with Gasteiger partial charge < -0.3 is 15.5 Å². The van der Waals surface area contributed by atoms with Crippen molar-refractivity contribution in [1.82, 2.24) is 20.5 Å². The van der Waals surface area contributed by atoms with Crippen molar-refractivity contribution in [3.05, 3.63) is 40.2 Å². The van der Waals surface area contributed by atoms with Gasteiger partial charge in [-0.1, -0.05) is 0 Å². The second-order valence-electron chi connectivity index (χ2n) is 6.04. The Balaban J connectivity index is 0.00000169. The maximum atomic E-state index is 12.3. The van der Waals surface area contributed by atoms with Gasteiger partial charge >= 0.3 is 0 Å². The molecule has 5 nitrogen and oxygen atoms in total. The zero-order valence-corrected chi connectivity index (χ0v) is 17.3. The van der Waals surface area contributed by atoms with E-state index in [0.717, 1.165) is 56.1 Å². The summed E-state index contributed by atoms with van der Waals surface area (Å²) in [6.45, 7) is 7.96. The second kappa shape index (κ2) is 11.5. The molecule has 2 aromatic rings. The molecular formula is C18H26Cl2N4OS. The predicted octanol–water partition coefficient (Wildman–Crippen LogP) is 2.99. The Morgan fingerprint density at radius 1 is 1.27 bits per heavy atom. The standard InChI is InChI=1S/C18H24N4OS.2ClH/c1-14-16(3-4-17(21-14)15-5-12-24-13-15)18(23)20-6-2-9-22-10-7-19-8-11-22;;/h3-5,12-13,19H,2,6-11H2,1H3,(H,20,23);2*1H. The third-order valence-electron chi connectivity index (χ3n) is 4.29. The number of rotatable bonds is 6. The highest BCUT2D eigenvalue weighted by Crippen LogP contribution is 2.21. The number of piperazine rings is 1. The normalized spacial score (nSPS) is 14.2. The minimum atomic E-state index is -0.0304. The van der Waals surface area contributed by atoms with Crippen LogP contribution in [-0.2, 0) is 0 Å². The van der Waals surface area contributed by atoms with Crippen LogP contribution >= 0.6 is 36.2 Å². The highest BCUT2D eigenvalue weighted by atomic mass is 35.5. The van der Waals surface area contributed by atoms with Crippen molar-refractivity contribution in [2.75, 3.05) is 39.3 Å². The summed E-state index contributed by atoms with van der Waals surface area (Å²) < 4.78 is 0. The third kappa shape index (κ3) is 6.21. The lowest BCUT2D eigenvalue weighted by Crippen LogP contribution is -2.44. The molecule has 1 saturated heterocycles. The average Bonchev–Trinajstić information content (AvgIpc) is 3.14. The Morgan fingerprint density at radius 2 is 2.04 bits per heavy atom. The number of hydrogen-bond acceptors (Lipinski definition) is 5. The molecule has 0 radical (unpaired) electrons. The molecule has 0 saturated carbocycles. The first kappa shape index (κ1) is 22.9. The fraction of sp³-hybridized carbons (Fsp3) is 0.444. The molecule has 1 aliphatic heterocycles. The van der Waals surface area contributed by atoms with E-state index in [-0.39, 0.29) is 30.7 Å². The van der Waals surface area contributed by atoms with E-state index >= 15 is 0 Å². The molecule has 1 fully saturated rings. The number of hydrogen-bond donors (Lipinski definition) is 2. The minimum absolute atomic E-state index is 0. The van der Waals surface area contributed by atoms with Crippen LogP contribution in [0.1, 0.15) is 22.5 Å². The molecule has 2 aromatic heterocycles. The van der Waals surface area contributed by atoms with Gasteiger partial charge in [-0.25, -0.2) is 0 Å². The van der Waals surface area contributed by atoms with Crippen LogP contribution < -0.4 is 10.6 Å². The summed E-state index contributed by atoms with van der Waals surface area (Å²) in [5, 5.41) is 10.5. The topological polar surface area (TPSA) is 57.3 Å². The fourth-order valence-corrected chi connectivity index (χ4v) is 3.56. The quantitative estimate of drug-likeness (QED) is 0.710. The largest absolute Gasteiger partial charge is 0.352 e. The Hall–Kier alpha value is -1.18. The molecular weight excluding hydrogens is 391 g/mol. The summed E-state index contributed by atoms with van der Waals surface area (Å²) in [7, 11) is 0. The number of halogens is 2. The van der Waals surface area contributed by atoms with E-state index in [0.29, 0.717) is 12.1 Å². The summed E-state index contributed by atoms with van der Waals surface area (Å²) in [5.41, 5.74) is 3.46. The molecule has 8 heteroatoms. The van der Waals surface area contributed by atoms with Crippen LogP contribution in [0.15, 0.2) is 29.0 Å². The summed E-state index contributed by atoms with van der Waals surface area (Å²) in [5.74, 6) is -0.0304. The fourth-order valence-electron chi connectivity index (χ4n) is 2.91. The number of nitrogens with one attached hydrogen (secondary N) is 2. The van der Waals surface area contributed by atoms with Gasteiger partial charge in [0.25, 0.3) is 5.91 Å². The van der Waals surface area contributed by atoms with E-state index < -0.39 is 0 Å². The van der Waals surface area contributed by atoms with Gasteiger partial charge in [-0.2, -0.15) is 11.3 Å². The first-order valence-electron chi connectivity index (χ1n) is 8.45. The Morgan fingerprint density at radius 3 is 2.69 bits per heavy atom. The number of carbonyl (C=O) groups is 1. The van der Waals surface area contributed by atoms with Crippen LogP contribution in [0.2, 0.25) is 0 Å². The second-order valence-corrected chi connectivity index (χ2v) is 6.82. The van der Waals surface area contributed by atoms with Crippen molar-refractivity contribution in [3.63, 3.8) is 0 Å². The van der Waals surface area contributed by atoms with E-state index in [1.807, 2.05) is 30.5 Å². The molecule has 0 aliphatic carbocycles. The van der Waals surface area contributed by atoms with Gasteiger partial charge in [0, 0.05) is 43.7 Å². The SMILES string of the molecule is Cc1nc(-c2ccsc2)ccc1C(=O)NCCCN1CCNCC1.Cl.Cl. The Kier molecular flexibility index (Phi) is 10.1. The number of nitrogens with zero attached hydrogens (tertiary/aromatic N) is 2. The van der Waals surface area contributed by atoms with Crippen LogP contribution in [0.5, 0.6) is 0 Å². The summed E-state index contributed by atoms with van der Waals surface area (Å²) >= 11 is 1.65. The minimum Gasteiger partial charge on any atom is -0.352 e. The average molecular weight is 417 g/mol. The monoisotopic (exact) mass is 416 g/mol. The Bertz CT molecular complexity index is 676. The van der Waals surface area contributed by atoms with Gasteiger partial charge in [-0.3, -0.25) is 9.78 Å². The lowest BCUT2D eigenvalue weighted by atomic mass is 10.1. The number of amides is 1. The molecule has 0 bridgehead atoms. The number of carbonyl (C=O) groups excluding carboxylic acids is 1. The van der Waals surface area contributed by atoms with Crippen LogP contribution in [-0.4, -0.2) is 55.1 Å². The zero-order chi connectivity index (χ0) is 16.8. The van der Waals surface area contributed by atoms with E-state index in [4.69, 9.17) is 0 Å².